The fourth-order valence-electron chi connectivity index (χ4n) is 3.11. The maximum Gasteiger partial charge on any atom is 0.253 e. The summed E-state index contributed by atoms with van der Waals surface area (Å²) >= 11 is 6.46. The number of H-pyrrole nitrogens is 1. The molecule has 6 nitrogen and oxygen atoms in total. The first-order valence-electron chi connectivity index (χ1n) is 9.27. The Hall–Kier alpha value is -3.12. The molecule has 0 spiro atoms. The van der Waals surface area contributed by atoms with Crippen LogP contribution in [0.5, 0.6) is 0 Å². The van der Waals surface area contributed by atoms with Crippen LogP contribution in [-0.2, 0) is 17.9 Å². The van der Waals surface area contributed by atoms with Gasteiger partial charge in [0.15, 0.2) is 0 Å². The monoisotopic (exact) mass is 410 g/mol. The van der Waals surface area contributed by atoms with Crippen molar-refractivity contribution in [1.82, 2.24) is 20.1 Å². The van der Waals surface area contributed by atoms with E-state index >= 15 is 0 Å². The number of aromatic amines is 1. The Bertz CT molecular complexity index is 1110. The fourth-order valence-corrected chi connectivity index (χ4v) is 3.41. The van der Waals surface area contributed by atoms with Crippen LogP contribution in [0.4, 0.5) is 0 Å². The first-order valence-corrected chi connectivity index (χ1v) is 9.65. The first kappa shape index (κ1) is 20.6. The van der Waals surface area contributed by atoms with E-state index in [-0.39, 0.29) is 18.0 Å². The summed E-state index contributed by atoms with van der Waals surface area (Å²) < 4.78 is 1.71. The van der Waals surface area contributed by atoms with Gasteiger partial charge in [0.2, 0.25) is 5.91 Å². The predicted octanol–water partition coefficient (Wildman–Crippen LogP) is 3.53. The van der Waals surface area contributed by atoms with E-state index in [0.717, 1.165) is 22.5 Å². The smallest absolute Gasteiger partial charge is 0.253 e. The van der Waals surface area contributed by atoms with Crippen LogP contribution < -0.4 is 10.9 Å². The second-order valence-electron chi connectivity index (χ2n) is 6.93. The minimum absolute atomic E-state index is 0.157. The molecular formula is C22H23ClN4O2. The largest absolute Gasteiger partial charge is 0.348 e. The lowest BCUT2D eigenvalue weighted by Gasteiger charge is -2.06. The minimum Gasteiger partial charge on any atom is -0.348 e. The summed E-state index contributed by atoms with van der Waals surface area (Å²) in [5, 5.41) is 7.68. The molecule has 0 aliphatic carbocycles. The number of carbonyl (C=O) groups is 1. The van der Waals surface area contributed by atoms with E-state index in [0.29, 0.717) is 22.8 Å². The standard InChI is InChI=1S/C22H23ClN4O2/c1-14-11-15(2)25-22(29)19(14)12-24-20(28)10-9-18-16(3)26-27(21(18)23)13-17-7-5-4-6-8-17/h4-11H,12-13H2,1-3H3,(H,24,28)(H,25,29)/b10-9+. The Balaban J connectivity index is 1.68. The van der Waals surface area contributed by atoms with Gasteiger partial charge in [0.25, 0.3) is 5.56 Å². The van der Waals surface area contributed by atoms with Gasteiger partial charge in [-0.3, -0.25) is 9.59 Å². The van der Waals surface area contributed by atoms with E-state index in [1.54, 1.807) is 10.8 Å². The summed E-state index contributed by atoms with van der Waals surface area (Å²) in [6.07, 6.45) is 3.05. The molecule has 1 amide bonds. The summed E-state index contributed by atoms with van der Waals surface area (Å²) in [5.74, 6) is -0.310. The van der Waals surface area contributed by atoms with Gasteiger partial charge in [-0.15, -0.1) is 0 Å². The molecule has 2 heterocycles. The van der Waals surface area contributed by atoms with Crippen LogP contribution in [-0.4, -0.2) is 20.7 Å². The Morgan fingerprint density at radius 3 is 2.66 bits per heavy atom. The number of rotatable bonds is 6. The quantitative estimate of drug-likeness (QED) is 0.610. The highest BCUT2D eigenvalue weighted by atomic mass is 35.5. The van der Waals surface area contributed by atoms with Gasteiger partial charge < -0.3 is 10.3 Å². The highest BCUT2D eigenvalue weighted by molar-refractivity contribution is 6.31. The number of aromatic nitrogens is 3. The zero-order chi connectivity index (χ0) is 21.0. The van der Waals surface area contributed by atoms with Gasteiger partial charge in [-0.2, -0.15) is 5.10 Å². The number of hydrogen-bond donors (Lipinski definition) is 2. The van der Waals surface area contributed by atoms with Crippen molar-refractivity contribution in [3.8, 4) is 0 Å². The van der Waals surface area contributed by atoms with Crippen molar-refractivity contribution in [2.75, 3.05) is 0 Å². The fraction of sp³-hybridized carbons (Fsp3) is 0.227. The van der Waals surface area contributed by atoms with Crippen molar-refractivity contribution in [3.63, 3.8) is 0 Å². The zero-order valence-electron chi connectivity index (χ0n) is 16.6. The average Bonchev–Trinajstić information content (AvgIpc) is 2.93. The van der Waals surface area contributed by atoms with E-state index in [2.05, 4.69) is 15.4 Å². The van der Waals surface area contributed by atoms with E-state index in [1.165, 1.54) is 6.08 Å². The molecule has 7 heteroatoms. The van der Waals surface area contributed by atoms with Crippen molar-refractivity contribution >= 4 is 23.6 Å². The number of hydrogen-bond acceptors (Lipinski definition) is 3. The number of benzene rings is 1. The summed E-state index contributed by atoms with van der Waals surface area (Å²) in [7, 11) is 0. The van der Waals surface area contributed by atoms with Crippen LogP contribution in [0.15, 0.2) is 47.3 Å². The van der Waals surface area contributed by atoms with E-state index in [1.807, 2.05) is 57.2 Å². The van der Waals surface area contributed by atoms with E-state index in [9.17, 15) is 9.59 Å². The van der Waals surface area contributed by atoms with Gasteiger partial charge in [0.05, 0.1) is 12.2 Å². The van der Waals surface area contributed by atoms with Crippen LogP contribution in [0, 0.1) is 20.8 Å². The molecule has 2 aromatic heterocycles. The third kappa shape index (κ3) is 5.03. The molecule has 3 rings (SSSR count). The van der Waals surface area contributed by atoms with Gasteiger partial charge in [-0.1, -0.05) is 41.9 Å². The van der Waals surface area contributed by atoms with Gasteiger partial charge in [-0.05, 0) is 44.0 Å². The lowest BCUT2D eigenvalue weighted by molar-refractivity contribution is -0.116. The molecule has 150 valence electrons. The van der Waals surface area contributed by atoms with Crippen LogP contribution in [0.1, 0.15) is 33.6 Å². The molecule has 0 radical (unpaired) electrons. The average molecular weight is 411 g/mol. The highest BCUT2D eigenvalue weighted by Crippen LogP contribution is 2.22. The number of amides is 1. The molecular weight excluding hydrogens is 388 g/mol. The highest BCUT2D eigenvalue weighted by Gasteiger charge is 2.12. The summed E-state index contributed by atoms with van der Waals surface area (Å²) in [6, 6.07) is 11.8. The Kier molecular flexibility index (Phi) is 6.34. The maximum absolute atomic E-state index is 12.2. The predicted molar refractivity (Wildman–Crippen MR) is 115 cm³/mol. The second kappa shape index (κ2) is 8.92. The van der Waals surface area contributed by atoms with E-state index < -0.39 is 0 Å². The molecule has 2 N–H and O–H groups in total. The van der Waals surface area contributed by atoms with Crippen LogP contribution >= 0.6 is 11.6 Å². The third-order valence-corrected chi connectivity index (χ3v) is 5.02. The molecule has 0 fully saturated rings. The van der Waals surface area contributed by atoms with Gasteiger partial charge in [0, 0.05) is 29.4 Å². The van der Waals surface area contributed by atoms with E-state index in [4.69, 9.17) is 11.6 Å². The van der Waals surface area contributed by atoms with Crippen molar-refractivity contribution < 1.29 is 4.79 Å². The SMILES string of the molecule is Cc1cc(C)c(CNC(=O)/C=C/c2c(C)nn(Cc3ccccc3)c2Cl)c(=O)[nH]1. The number of carbonyl (C=O) groups excluding carboxylic acids is 1. The normalized spacial score (nSPS) is 11.2. The zero-order valence-corrected chi connectivity index (χ0v) is 17.4. The molecule has 3 aromatic rings. The van der Waals surface area contributed by atoms with Crippen molar-refractivity contribution in [1.29, 1.82) is 0 Å². The van der Waals surface area contributed by atoms with Crippen molar-refractivity contribution in [2.45, 2.75) is 33.9 Å². The first-order chi connectivity index (χ1) is 13.8. The maximum atomic E-state index is 12.2. The number of nitrogens with zero attached hydrogens (tertiary/aromatic N) is 2. The number of nitrogens with one attached hydrogen (secondary N) is 2. The molecule has 0 atom stereocenters. The summed E-state index contributed by atoms with van der Waals surface area (Å²) in [6.45, 7) is 6.23. The van der Waals surface area contributed by atoms with Gasteiger partial charge >= 0.3 is 0 Å². The number of halogens is 1. The molecule has 0 unspecified atom stereocenters. The summed E-state index contributed by atoms with van der Waals surface area (Å²) in [4.78, 5) is 27.0. The molecule has 1 aromatic carbocycles. The number of aryl methyl sites for hydroxylation is 3. The Morgan fingerprint density at radius 2 is 1.97 bits per heavy atom. The van der Waals surface area contributed by atoms with Crippen LogP contribution in [0.3, 0.4) is 0 Å². The Morgan fingerprint density at radius 1 is 1.24 bits per heavy atom. The minimum atomic E-state index is -0.310. The van der Waals surface area contributed by atoms with Crippen molar-refractivity contribution in [3.05, 3.63) is 91.6 Å². The van der Waals surface area contributed by atoms with Crippen LogP contribution in [0.25, 0.3) is 6.08 Å². The Labute approximate surface area is 174 Å². The van der Waals surface area contributed by atoms with Crippen molar-refractivity contribution in [2.24, 2.45) is 0 Å². The van der Waals surface area contributed by atoms with Gasteiger partial charge in [-0.25, -0.2) is 4.68 Å². The second-order valence-corrected chi connectivity index (χ2v) is 7.29. The van der Waals surface area contributed by atoms with Crippen LogP contribution in [0.2, 0.25) is 5.15 Å². The molecule has 0 saturated heterocycles. The lowest BCUT2D eigenvalue weighted by Crippen LogP contribution is -2.26. The molecule has 29 heavy (non-hydrogen) atoms. The molecule has 0 bridgehead atoms. The number of pyridine rings is 1. The topological polar surface area (TPSA) is 79.8 Å². The molecule has 0 aliphatic heterocycles. The summed E-state index contributed by atoms with van der Waals surface area (Å²) in [5.41, 5.74) is 4.51. The lowest BCUT2D eigenvalue weighted by atomic mass is 10.1. The van der Waals surface area contributed by atoms with Gasteiger partial charge in [0.1, 0.15) is 5.15 Å². The third-order valence-electron chi connectivity index (χ3n) is 4.62. The molecule has 0 saturated carbocycles. The molecule has 0 aliphatic rings.